The van der Waals surface area contributed by atoms with Crippen LogP contribution in [0, 0.1) is 11.8 Å². The Labute approximate surface area is 246 Å². The molecule has 38 heavy (non-hydrogen) atoms. The number of halogens is 3. The summed E-state index contributed by atoms with van der Waals surface area (Å²) in [6, 6.07) is 6.34. The number of benzene rings is 1. The van der Waals surface area contributed by atoms with Crippen molar-refractivity contribution in [2.45, 2.75) is 50.9 Å². The third-order valence-corrected chi connectivity index (χ3v) is 9.84. The first-order chi connectivity index (χ1) is 18.3. The average molecular weight is 668 g/mol. The van der Waals surface area contributed by atoms with Crippen molar-refractivity contribution in [2.75, 3.05) is 39.8 Å². The van der Waals surface area contributed by atoms with Crippen molar-refractivity contribution in [3.8, 4) is 0 Å². The molecule has 0 bridgehead atoms. The standard InChI is InChI=1S/C29H34Br2ClN3O3/c1-38-26(37)17-34-8-4-18(5-9-34)12-25(36)35-10-6-19(7-11-35)28-27-20(14-23(32)15-24(27)31)2-3-21-13-22(30)16-33-29(21)28/h13-16,18-19,28H,2-12,17H2,1H3/t28-/m1/s1. The summed E-state index contributed by atoms with van der Waals surface area (Å²) in [7, 11) is 1.42. The van der Waals surface area contributed by atoms with E-state index in [4.69, 9.17) is 21.3 Å². The number of pyridine rings is 1. The Bertz CT molecular complexity index is 1190. The number of rotatable bonds is 5. The van der Waals surface area contributed by atoms with Gasteiger partial charge >= 0.3 is 5.97 Å². The van der Waals surface area contributed by atoms with Gasteiger partial charge in [0.05, 0.1) is 19.3 Å². The first kappa shape index (κ1) is 28.1. The van der Waals surface area contributed by atoms with Crippen molar-refractivity contribution in [1.82, 2.24) is 14.8 Å². The van der Waals surface area contributed by atoms with Crippen LogP contribution >= 0.6 is 43.5 Å². The van der Waals surface area contributed by atoms with Crippen LogP contribution in [0.15, 0.2) is 33.3 Å². The maximum Gasteiger partial charge on any atom is 0.319 e. The molecule has 3 aliphatic rings. The fraction of sp³-hybridized carbons (Fsp3) is 0.552. The summed E-state index contributed by atoms with van der Waals surface area (Å²) in [6.07, 6.45) is 8.21. The molecule has 2 aliphatic heterocycles. The predicted molar refractivity (Wildman–Crippen MR) is 155 cm³/mol. The summed E-state index contributed by atoms with van der Waals surface area (Å²) in [4.78, 5) is 33.9. The lowest BCUT2D eigenvalue weighted by molar-refractivity contribution is -0.142. The molecule has 2 fully saturated rings. The largest absolute Gasteiger partial charge is 0.468 e. The van der Waals surface area contributed by atoms with Crippen LogP contribution in [0.4, 0.5) is 0 Å². The molecule has 6 nitrogen and oxygen atoms in total. The topological polar surface area (TPSA) is 62.7 Å². The van der Waals surface area contributed by atoms with E-state index in [-0.39, 0.29) is 17.8 Å². The second-order valence-corrected chi connectivity index (χ2v) is 13.1. The molecule has 0 unspecified atom stereocenters. The number of hydrogen-bond acceptors (Lipinski definition) is 5. The van der Waals surface area contributed by atoms with Gasteiger partial charge in [-0.1, -0.05) is 27.5 Å². The van der Waals surface area contributed by atoms with E-state index in [0.717, 1.165) is 78.7 Å². The van der Waals surface area contributed by atoms with E-state index in [1.165, 1.54) is 29.5 Å². The number of fused-ring (bicyclic) bond motifs is 2. The Morgan fingerprint density at radius 3 is 2.45 bits per heavy atom. The molecule has 2 aromatic rings. The van der Waals surface area contributed by atoms with E-state index in [1.807, 2.05) is 12.3 Å². The lowest BCUT2D eigenvalue weighted by atomic mass is 9.76. The molecule has 0 N–H and O–H groups in total. The minimum Gasteiger partial charge on any atom is -0.468 e. The number of hydrogen-bond donors (Lipinski definition) is 0. The van der Waals surface area contributed by atoms with Gasteiger partial charge in [-0.3, -0.25) is 19.5 Å². The third kappa shape index (κ3) is 6.29. The summed E-state index contributed by atoms with van der Waals surface area (Å²) < 4.78 is 6.85. The Morgan fingerprint density at radius 2 is 1.74 bits per heavy atom. The molecule has 1 aliphatic carbocycles. The summed E-state index contributed by atoms with van der Waals surface area (Å²) in [6.45, 7) is 3.60. The molecule has 9 heteroatoms. The SMILES string of the molecule is COC(=O)CN1CCC(CC(=O)N2CCC([C@H]3c4ncc(Br)cc4CCc4cc(Cl)cc(Br)c43)CC2)CC1. The van der Waals surface area contributed by atoms with Crippen LogP contribution in [-0.2, 0) is 27.2 Å². The van der Waals surface area contributed by atoms with E-state index in [1.54, 1.807) is 0 Å². The molecule has 1 atom stereocenters. The van der Waals surface area contributed by atoms with E-state index in [9.17, 15) is 9.59 Å². The van der Waals surface area contributed by atoms with Gasteiger partial charge in [0.1, 0.15) is 0 Å². The third-order valence-electron chi connectivity index (χ3n) is 8.53. The number of piperidine rings is 2. The normalized spacial score (nSPS) is 20.9. The van der Waals surface area contributed by atoms with Gasteiger partial charge in [-0.25, -0.2) is 0 Å². The Kier molecular flexibility index (Phi) is 9.13. The smallest absolute Gasteiger partial charge is 0.319 e. The maximum absolute atomic E-state index is 13.2. The van der Waals surface area contributed by atoms with Gasteiger partial charge in [0.2, 0.25) is 5.91 Å². The summed E-state index contributed by atoms with van der Waals surface area (Å²) in [5, 5.41) is 0.756. The number of ether oxygens (including phenoxy) is 1. The van der Waals surface area contributed by atoms with Gasteiger partial charge < -0.3 is 9.64 Å². The number of nitrogens with zero attached hydrogens (tertiary/aromatic N) is 3. The molecule has 0 saturated carbocycles. The monoisotopic (exact) mass is 665 g/mol. The minimum absolute atomic E-state index is 0.179. The fourth-order valence-corrected chi connectivity index (χ4v) is 7.98. The molecule has 1 aromatic carbocycles. The summed E-state index contributed by atoms with van der Waals surface area (Å²) in [5.74, 6) is 1.05. The summed E-state index contributed by atoms with van der Waals surface area (Å²) in [5.41, 5.74) is 5.06. The van der Waals surface area contributed by atoms with Crippen LogP contribution in [0.2, 0.25) is 5.02 Å². The highest BCUT2D eigenvalue weighted by Crippen LogP contribution is 2.46. The van der Waals surface area contributed by atoms with Gasteiger partial charge in [-0.15, -0.1) is 0 Å². The molecule has 0 radical (unpaired) electrons. The quantitative estimate of drug-likeness (QED) is 0.366. The van der Waals surface area contributed by atoms with Gasteiger partial charge in [-0.2, -0.15) is 0 Å². The van der Waals surface area contributed by atoms with Crippen LogP contribution in [0.5, 0.6) is 0 Å². The fourth-order valence-electron chi connectivity index (χ4n) is 6.48. The van der Waals surface area contributed by atoms with Crippen molar-refractivity contribution in [3.05, 3.63) is 60.7 Å². The molecule has 3 heterocycles. The second kappa shape index (κ2) is 12.4. The maximum atomic E-state index is 13.2. The first-order valence-corrected chi connectivity index (χ1v) is 15.5. The van der Waals surface area contributed by atoms with E-state index < -0.39 is 0 Å². The highest BCUT2D eigenvalue weighted by molar-refractivity contribution is 9.10. The number of esters is 1. The predicted octanol–water partition coefficient (Wildman–Crippen LogP) is 6.00. The number of amides is 1. The lowest BCUT2D eigenvalue weighted by Gasteiger charge is -2.38. The highest BCUT2D eigenvalue weighted by Gasteiger charge is 2.36. The van der Waals surface area contributed by atoms with E-state index in [2.05, 4.69) is 53.8 Å². The zero-order valence-electron chi connectivity index (χ0n) is 21.7. The number of carbonyl (C=O) groups excluding carboxylic acids is 2. The minimum atomic E-state index is -0.195. The van der Waals surface area contributed by atoms with Crippen LogP contribution < -0.4 is 0 Å². The van der Waals surface area contributed by atoms with Crippen molar-refractivity contribution < 1.29 is 14.3 Å². The number of carbonyl (C=O) groups is 2. The molecular formula is C29H34Br2ClN3O3. The van der Waals surface area contributed by atoms with Crippen LogP contribution in [0.3, 0.4) is 0 Å². The van der Waals surface area contributed by atoms with E-state index >= 15 is 0 Å². The molecule has 0 spiro atoms. The van der Waals surface area contributed by atoms with Gasteiger partial charge in [0, 0.05) is 45.6 Å². The van der Waals surface area contributed by atoms with Crippen LogP contribution in [-0.4, -0.2) is 66.5 Å². The molecule has 5 rings (SSSR count). The Morgan fingerprint density at radius 1 is 1.03 bits per heavy atom. The Balaban J connectivity index is 1.25. The molecule has 2 saturated heterocycles. The second-order valence-electron chi connectivity index (χ2n) is 10.9. The number of aromatic nitrogens is 1. The van der Waals surface area contributed by atoms with Gasteiger partial charge in [0.15, 0.2) is 0 Å². The van der Waals surface area contributed by atoms with Gasteiger partial charge in [0.25, 0.3) is 0 Å². The number of methoxy groups -OCH3 is 1. The number of likely N-dealkylation sites (tertiary alicyclic amines) is 2. The molecule has 1 amide bonds. The van der Waals surface area contributed by atoms with E-state index in [0.29, 0.717) is 24.8 Å². The molecular weight excluding hydrogens is 634 g/mol. The average Bonchev–Trinajstić information content (AvgIpc) is 3.06. The number of aryl methyl sites for hydroxylation is 2. The van der Waals surface area contributed by atoms with Crippen molar-refractivity contribution in [2.24, 2.45) is 11.8 Å². The first-order valence-electron chi connectivity index (χ1n) is 13.5. The lowest BCUT2D eigenvalue weighted by Crippen LogP contribution is -2.42. The van der Waals surface area contributed by atoms with Crippen LogP contribution in [0.25, 0.3) is 0 Å². The molecule has 204 valence electrons. The Hall–Kier alpha value is -1.48. The van der Waals surface area contributed by atoms with Gasteiger partial charge in [-0.05, 0) is 114 Å². The van der Waals surface area contributed by atoms with Crippen LogP contribution in [0.1, 0.15) is 60.4 Å². The molecule has 1 aromatic heterocycles. The van der Waals surface area contributed by atoms with Crippen molar-refractivity contribution >= 4 is 55.3 Å². The van der Waals surface area contributed by atoms with Crippen molar-refractivity contribution in [1.29, 1.82) is 0 Å². The van der Waals surface area contributed by atoms with Crippen molar-refractivity contribution in [3.63, 3.8) is 0 Å². The zero-order chi connectivity index (χ0) is 26.8. The highest BCUT2D eigenvalue weighted by atomic mass is 79.9. The zero-order valence-corrected chi connectivity index (χ0v) is 25.7. The summed E-state index contributed by atoms with van der Waals surface area (Å²) >= 11 is 13.9.